The van der Waals surface area contributed by atoms with Crippen LogP contribution in [0.25, 0.3) is 11.2 Å². The zero-order chi connectivity index (χ0) is 26.8. The van der Waals surface area contributed by atoms with Gasteiger partial charge in [-0.2, -0.15) is 9.97 Å². The molecular weight excluding hydrogens is 500 g/mol. The minimum absolute atomic E-state index is 0.119. The van der Waals surface area contributed by atoms with E-state index < -0.39 is 9.84 Å². The van der Waals surface area contributed by atoms with Crippen molar-refractivity contribution in [1.29, 1.82) is 0 Å². The second-order valence-electron chi connectivity index (χ2n) is 10.3. The van der Waals surface area contributed by atoms with Gasteiger partial charge >= 0.3 is 0 Å². The Bertz CT molecular complexity index is 1230. The third-order valence-corrected chi connectivity index (χ3v) is 8.94. The fourth-order valence-corrected chi connectivity index (χ4v) is 6.14. The standard InChI is InChI=1S/C28H42N6O3S/c1-3-5-16-34(17-6-4-2)18-19-38(35,36)24-14-12-23(13-15-24)31-28-32-26-25(29-21-30-26)27(33-28)37-20-22-10-8-7-9-11-22/h12-15,21-22H,3-11,16-20H2,1-2H3,(H2,29,30,31,32,33). The Morgan fingerprint density at radius 1 is 1.00 bits per heavy atom. The second-order valence-corrected chi connectivity index (χ2v) is 12.4. The molecule has 9 nitrogen and oxygen atoms in total. The molecule has 208 valence electrons. The lowest BCUT2D eigenvalue weighted by Gasteiger charge is -2.21. The summed E-state index contributed by atoms with van der Waals surface area (Å²) in [6.45, 7) is 7.40. The molecule has 1 aliphatic carbocycles. The number of sulfone groups is 1. The van der Waals surface area contributed by atoms with Crippen LogP contribution in [-0.4, -0.2) is 65.2 Å². The number of rotatable bonds is 15. The predicted octanol–water partition coefficient (Wildman–Crippen LogP) is 5.73. The summed E-state index contributed by atoms with van der Waals surface area (Å²) in [6.07, 6.45) is 12.2. The zero-order valence-corrected chi connectivity index (χ0v) is 23.6. The van der Waals surface area contributed by atoms with Crippen LogP contribution in [0.15, 0.2) is 35.5 Å². The number of aromatic amines is 1. The molecule has 0 radical (unpaired) electrons. The minimum atomic E-state index is -3.38. The molecule has 1 aliphatic rings. The fourth-order valence-electron chi connectivity index (χ4n) is 4.86. The van der Waals surface area contributed by atoms with E-state index in [0.717, 1.165) is 38.8 Å². The van der Waals surface area contributed by atoms with Gasteiger partial charge in [0.05, 0.1) is 23.6 Å². The van der Waals surface area contributed by atoms with Gasteiger partial charge in [-0.3, -0.25) is 0 Å². The van der Waals surface area contributed by atoms with Crippen LogP contribution >= 0.6 is 0 Å². The molecule has 0 bridgehead atoms. The Morgan fingerprint density at radius 3 is 2.39 bits per heavy atom. The Balaban J connectivity index is 1.39. The van der Waals surface area contributed by atoms with Crippen molar-refractivity contribution >= 4 is 32.6 Å². The normalized spacial score (nSPS) is 14.8. The molecule has 1 saturated carbocycles. The summed E-state index contributed by atoms with van der Waals surface area (Å²) >= 11 is 0. The van der Waals surface area contributed by atoms with Crippen molar-refractivity contribution in [1.82, 2.24) is 24.8 Å². The minimum Gasteiger partial charge on any atom is -0.476 e. The van der Waals surface area contributed by atoms with Gasteiger partial charge in [0.15, 0.2) is 15.5 Å². The van der Waals surface area contributed by atoms with E-state index in [-0.39, 0.29) is 5.75 Å². The number of imidazole rings is 1. The van der Waals surface area contributed by atoms with Gasteiger partial charge in [-0.25, -0.2) is 13.4 Å². The average Bonchev–Trinajstić information content (AvgIpc) is 3.41. The number of nitrogens with zero attached hydrogens (tertiary/aromatic N) is 4. The highest BCUT2D eigenvalue weighted by atomic mass is 32.2. The molecule has 1 aromatic carbocycles. The van der Waals surface area contributed by atoms with E-state index in [1.165, 1.54) is 32.1 Å². The molecule has 2 aromatic heterocycles. The summed E-state index contributed by atoms with van der Waals surface area (Å²) in [6, 6.07) is 6.79. The SMILES string of the molecule is CCCCN(CCCC)CCS(=O)(=O)c1ccc(Nc2nc(OCC3CCCCC3)c3[nH]cnc3n2)cc1. The summed E-state index contributed by atoms with van der Waals surface area (Å²) in [7, 11) is -3.38. The molecule has 0 unspecified atom stereocenters. The molecule has 10 heteroatoms. The van der Waals surface area contributed by atoms with Gasteiger partial charge in [-0.15, -0.1) is 0 Å². The fraction of sp³-hybridized carbons (Fsp3) is 0.607. The van der Waals surface area contributed by atoms with E-state index in [0.29, 0.717) is 52.6 Å². The lowest BCUT2D eigenvalue weighted by molar-refractivity contribution is 0.205. The van der Waals surface area contributed by atoms with Crippen LogP contribution in [0.4, 0.5) is 11.6 Å². The Hall–Kier alpha value is -2.72. The highest BCUT2D eigenvalue weighted by Gasteiger charge is 2.19. The van der Waals surface area contributed by atoms with Gasteiger partial charge in [0.25, 0.3) is 0 Å². The van der Waals surface area contributed by atoms with Crippen molar-refractivity contribution < 1.29 is 13.2 Å². The van der Waals surface area contributed by atoms with Crippen molar-refractivity contribution in [3.8, 4) is 5.88 Å². The first-order valence-corrected chi connectivity index (χ1v) is 15.8. The highest BCUT2D eigenvalue weighted by Crippen LogP contribution is 2.27. The van der Waals surface area contributed by atoms with E-state index in [4.69, 9.17) is 4.74 Å². The van der Waals surface area contributed by atoms with Gasteiger partial charge in [-0.05, 0) is 69.0 Å². The number of benzene rings is 1. The predicted molar refractivity (Wildman–Crippen MR) is 152 cm³/mol. The van der Waals surface area contributed by atoms with Gasteiger partial charge in [0.2, 0.25) is 11.8 Å². The number of anilines is 2. The first-order valence-electron chi connectivity index (χ1n) is 14.1. The van der Waals surface area contributed by atoms with Crippen LogP contribution in [0.3, 0.4) is 0 Å². The number of unbranched alkanes of at least 4 members (excludes halogenated alkanes) is 2. The molecule has 38 heavy (non-hydrogen) atoms. The Morgan fingerprint density at radius 2 is 1.71 bits per heavy atom. The van der Waals surface area contributed by atoms with E-state index in [2.05, 4.69) is 44.0 Å². The van der Waals surface area contributed by atoms with E-state index in [1.807, 2.05) is 0 Å². The number of H-pyrrole nitrogens is 1. The van der Waals surface area contributed by atoms with Gasteiger partial charge in [0.1, 0.15) is 5.52 Å². The Kier molecular flexibility index (Phi) is 10.3. The molecule has 0 spiro atoms. The molecule has 4 rings (SSSR count). The molecule has 2 heterocycles. The van der Waals surface area contributed by atoms with Crippen LogP contribution in [-0.2, 0) is 9.84 Å². The second kappa shape index (κ2) is 13.9. The van der Waals surface area contributed by atoms with E-state index in [9.17, 15) is 8.42 Å². The van der Waals surface area contributed by atoms with Crippen LogP contribution in [0.1, 0.15) is 71.6 Å². The first kappa shape index (κ1) is 28.3. The molecule has 2 N–H and O–H groups in total. The summed E-state index contributed by atoms with van der Waals surface area (Å²) < 4.78 is 32.1. The monoisotopic (exact) mass is 542 g/mol. The number of ether oxygens (including phenoxy) is 1. The summed E-state index contributed by atoms with van der Waals surface area (Å²) in [5, 5.41) is 3.18. The maximum absolute atomic E-state index is 13.0. The van der Waals surface area contributed by atoms with Gasteiger partial charge < -0.3 is 19.9 Å². The third-order valence-electron chi connectivity index (χ3n) is 7.23. The van der Waals surface area contributed by atoms with E-state index in [1.54, 1.807) is 30.6 Å². The lowest BCUT2D eigenvalue weighted by atomic mass is 9.90. The summed E-state index contributed by atoms with van der Waals surface area (Å²) in [5.41, 5.74) is 1.90. The average molecular weight is 543 g/mol. The summed E-state index contributed by atoms with van der Waals surface area (Å²) in [5.74, 6) is 1.51. The smallest absolute Gasteiger partial charge is 0.245 e. The summed E-state index contributed by atoms with van der Waals surface area (Å²) in [4.78, 5) is 19.0. The molecular formula is C28H42N6O3S. The zero-order valence-electron chi connectivity index (χ0n) is 22.8. The molecule has 1 fully saturated rings. The molecule has 0 saturated heterocycles. The first-order chi connectivity index (χ1) is 18.5. The number of hydrogen-bond donors (Lipinski definition) is 2. The Labute approximate surface area is 226 Å². The number of nitrogens with one attached hydrogen (secondary N) is 2. The van der Waals surface area contributed by atoms with Crippen molar-refractivity contribution in [3.63, 3.8) is 0 Å². The van der Waals surface area contributed by atoms with Crippen LogP contribution in [0.2, 0.25) is 0 Å². The molecule has 3 aromatic rings. The maximum atomic E-state index is 13.0. The van der Waals surface area contributed by atoms with Gasteiger partial charge in [-0.1, -0.05) is 46.0 Å². The van der Waals surface area contributed by atoms with Crippen molar-refractivity contribution in [2.45, 2.75) is 76.5 Å². The molecule has 0 aliphatic heterocycles. The lowest BCUT2D eigenvalue weighted by Crippen LogP contribution is -2.31. The van der Waals surface area contributed by atoms with Gasteiger partial charge in [0, 0.05) is 12.2 Å². The highest BCUT2D eigenvalue weighted by molar-refractivity contribution is 7.91. The van der Waals surface area contributed by atoms with Crippen molar-refractivity contribution in [2.24, 2.45) is 5.92 Å². The van der Waals surface area contributed by atoms with Crippen LogP contribution in [0, 0.1) is 5.92 Å². The van der Waals surface area contributed by atoms with Crippen molar-refractivity contribution in [2.75, 3.05) is 37.3 Å². The molecule has 0 atom stereocenters. The third kappa shape index (κ3) is 7.89. The van der Waals surface area contributed by atoms with Crippen molar-refractivity contribution in [3.05, 3.63) is 30.6 Å². The quantitative estimate of drug-likeness (QED) is 0.250. The topological polar surface area (TPSA) is 113 Å². The molecule has 0 amide bonds. The number of hydrogen-bond acceptors (Lipinski definition) is 8. The van der Waals surface area contributed by atoms with Crippen LogP contribution < -0.4 is 10.1 Å². The van der Waals surface area contributed by atoms with Crippen LogP contribution in [0.5, 0.6) is 5.88 Å². The number of aromatic nitrogens is 4. The largest absolute Gasteiger partial charge is 0.476 e. The van der Waals surface area contributed by atoms with E-state index >= 15 is 0 Å². The number of fused-ring (bicyclic) bond motifs is 1. The maximum Gasteiger partial charge on any atom is 0.245 e.